The van der Waals surface area contributed by atoms with Crippen molar-refractivity contribution in [3.63, 3.8) is 0 Å². The molecule has 1 amide bonds. The summed E-state index contributed by atoms with van der Waals surface area (Å²) in [6.45, 7) is 3.65. The zero-order valence-corrected chi connectivity index (χ0v) is 13.7. The van der Waals surface area contributed by atoms with Crippen molar-refractivity contribution in [3.05, 3.63) is 35.6 Å². The molecular weight excluding hydrogens is 297 g/mol. The minimum absolute atomic E-state index is 0.145. The summed E-state index contributed by atoms with van der Waals surface area (Å²) in [4.78, 5) is 24.2. The van der Waals surface area contributed by atoms with Gasteiger partial charge in [-0.05, 0) is 44.4 Å². The summed E-state index contributed by atoms with van der Waals surface area (Å²) in [5, 5.41) is 12.4. The maximum absolute atomic E-state index is 13.0. The average Bonchev–Trinajstić information content (AvgIpc) is 2.53. The molecule has 0 saturated heterocycles. The van der Waals surface area contributed by atoms with Crippen LogP contribution in [0.5, 0.6) is 0 Å². The number of hydrogen-bond acceptors (Lipinski definition) is 2. The van der Waals surface area contributed by atoms with Crippen LogP contribution in [0.2, 0.25) is 0 Å². The highest BCUT2D eigenvalue weighted by Crippen LogP contribution is 2.36. The van der Waals surface area contributed by atoms with Crippen LogP contribution in [0.4, 0.5) is 4.39 Å². The number of carboxylic acid groups (broad SMARTS) is 1. The molecule has 0 aliphatic heterocycles. The van der Waals surface area contributed by atoms with E-state index in [0.29, 0.717) is 18.4 Å². The van der Waals surface area contributed by atoms with Crippen molar-refractivity contribution in [1.82, 2.24) is 5.32 Å². The van der Waals surface area contributed by atoms with Gasteiger partial charge in [0.25, 0.3) is 0 Å². The van der Waals surface area contributed by atoms with E-state index in [2.05, 4.69) is 5.32 Å². The highest BCUT2D eigenvalue weighted by molar-refractivity contribution is 5.88. The molecule has 2 rings (SSSR count). The number of amides is 1. The quantitative estimate of drug-likeness (QED) is 0.875. The Kier molecular flexibility index (Phi) is 5.07. The maximum atomic E-state index is 13.0. The van der Waals surface area contributed by atoms with Gasteiger partial charge in [0.1, 0.15) is 5.82 Å². The number of aliphatic carboxylic acids is 1. The van der Waals surface area contributed by atoms with Gasteiger partial charge in [0, 0.05) is 6.54 Å². The third-order valence-corrected chi connectivity index (χ3v) is 4.99. The summed E-state index contributed by atoms with van der Waals surface area (Å²) >= 11 is 0. The van der Waals surface area contributed by atoms with Gasteiger partial charge in [-0.25, -0.2) is 4.39 Å². The lowest BCUT2D eigenvalue weighted by molar-refractivity contribution is -0.151. The van der Waals surface area contributed by atoms with E-state index in [1.165, 1.54) is 12.1 Å². The van der Waals surface area contributed by atoms with E-state index in [1.807, 2.05) is 0 Å². The van der Waals surface area contributed by atoms with Crippen LogP contribution in [0.15, 0.2) is 24.3 Å². The molecule has 126 valence electrons. The number of hydrogen-bond donors (Lipinski definition) is 2. The van der Waals surface area contributed by atoms with Gasteiger partial charge in [-0.15, -0.1) is 0 Å². The fourth-order valence-corrected chi connectivity index (χ4v) is 3.16. The van der Waals surface area contributed by atoms with Crippen LogP contribution in [-0.4, -0.2) is 23.5 Å². The molecule has 1 aromatic rings. The first-order valence-electron chi connectivity index (χ1n) is 8.06. The van der Waals surface area contributed by atoms with Crippen LogP contribution in [0.25, 0.3) is 0 Å². The van der Waals surface area contributed by atoms with Gasteiger partial charge in [0.2, 0.25) is 5.91 Å². The van der Waals surface area contributed by atoms with Crippen LogP contribution in [0.3, 0.4) is 0 Å². The Labute approximate surface area is 136 Å². The molecule has 1 aliphatic carbocycles. The summed E-state index contributed by atoms with van der Waals surface area (Å²) in [5.74, 6) is -1.43. The molecule has 0 spiro atoms. The number of nitrogens with one attached hydrogen (secondary N) is 1. The predicted octanol–water partition coefficient (Wildman–Crippen LogP) is 3.25. The molecular formula is C18H24FNO3. The lowest BCUT2D eigenvalue weighted by Gasteiger charge is -2.34. The first kappa shape index (κ1) is 17.4. The van der Waals surface area contributed by atoms with Crippen molar-refractivity contribution >= 4 is 11.9 Å². The highest BCUT2D eigenvalue weighted by Gasteiger charge is 2.41. The number of carboxylic acids is 1. The number of carbonyl (C=O) groups is 2. The Bertz CT molecular complexity index is 574. The topological polar surface area (TPSA) is 66.4 Å². The Balaban J connectivity index is 2.08. The van der Waals surface area contributed by atoms with Crippen LogP contribution >= 0.6 is 0 Å². The monoisotopic (exact) mass is 321 g/mol. The van der Waals surface area contributed by atoms with E-state index in [4.69, 9.17) is 0 Å². The lowest BCUT2D eigenvalue weighted by Crippen LogP contribution is -2.48. The standard InChI is InChI=1S/C18H24FNO3/c1-17(2,13-6-8-14(19)9-7-13)15(21)20-12-18(16(22)23)10-4-3-5-11-18/h6-9H,3-5,10-12H2,1-2H3,(H,20,21)(H,22,23). The minimum Gasteiger partial charge on any atom is -0.481 e. The van der Waals surface area contributed by atoms with Crippen molar-refractivity contribution in [2.75, 3.05) is 6.54 Å². The molecule has 1 fully saturated rings. The van der Waals surface area contributed by atoms with Crippen LogP contribution in [0.1, 0.15) is 51.5 Å². The molecule has 0 heterocycles. The molecule has 0 atom stereocenters. The van der Waals surface area contributed by atoms with Crippen LogP contribution in [-0.2, 0) is 15.0 Å². The summed E-state index contributed by atoms with van der Waals surface area (Å²) in [6.07, 6.45) is 4.00. The lowest BCUT2D eigenvalue weighted by atomic mass is 9.73. The summed E-state index contributed by atoms with van der Waals surface area (Å²) in [5.41, 5.74) is -1.00. The number of rotatable bonds is 5. The molecule has 1 saturated carbocycles. The van der Waals surface area contributed by atoms with Gasteiger partial charge < -0.3 is 10.4 Å². The largest absolute Gasteiger partial charge is 0.481 e. The second kappa shape index (κ2) is 6.69. The Morgan fingerprint density at radius 2 is 1.74 bits per heavy atom. The Hall–Kier alpha value is -1.91. The van der Waals surface area contributed by atoms with Crippen LogP contribution < -0.4 is 5.32 Å². The third kappa shape index (κ3) is 3.71. The van der Waals surface area contributed by atoms with Crippen molar-refractivity contribution in [2.24, 2.45) is 5.41 Å². The van der Waals surface area contributed by atoms with E-state index in [1.54, 1.807) is 26.0 Å². The van der Waals surface area contributed by atoms with Gasteiger partial charge >= 0.3 is 5.97 Å². The van der Waals surface area contributed by atoms with Crippen molar-refractivity contribution in [3.8, 4) is 0 Å². The molecule has 0 aromatic heterocycles. The normalized spacial score (nSPS) is 17.5. The van der Waals surface area contributed by atoms with Crippen molar-refractivity contribution in [1.29, 1.82) is 0 Å². The Morgan fingerprint density at radius 3 is 2.26 bits per heavy atom. The SMILES string of the molecule is CC(C)(C(=O)NCC1(C(=O)O)CCCCC1)c1ccc(F)cc1. The molecule has 1 aliphatic rings. The molecule has 0 unspecified atom stereocenters. The number of halogens is 1. The fourth-order valence-electron chi connectivity index (χ4n) is 3.16. The smallest absolute Gasteiger partial charge is 0.311 e. The molecule has 4 nitrogen and oxygen atoms in total. The number of carbonyl (C=O) groups excluding carboxylic acids is 1. The molecule has 0 bridgehead atoms. The van der Waals surface area contributed by atoms with Gasteiger partial charge in [-0.3, -0.25) is 9.59 Å². The summed E-state index contributed by atoms with van der Waals surface area (Å²) in [6, 6.07) is 5.82. The van der Waals surface area contributed by atoms with Gasteiger partial charge in [-0.1, -0.05) is 31.4 Å². The van der Waals surface area contributed by atoms with E-state index >= 15 is 0 Å². The van der Waals surface area contributed by atoms with E-state index in [9.17, 15) is 19.1 Å². The first-order chi connectivity index (χ1) is 10.8. The van der Waals surface area contributed by atoms with Gasteiger partial charge in [0.15, 0.2) is 0 Å². The van der Waals surface area contributed by atoms with E-state index in [-0.39, 0.29) is 18.3 Å². The van der Waals surface area contributed by atoms with Gasteiger partial charge in [-0.2, -0.15) is 0 Å². The van der Waals surface area contributed by atoms with Crippen molar-refractivity contribution < 1.29 is 19.1 Å². The molecule has 23 heavy (non-hydrogen) atoms. The van der Waals surface area contributed by atoms with Crippen LogP contribution in [0, 0.1) is 11.2 Å². The first-order valence-corrected chi connectivity index (χ1v) is 8.06. The zero-order valence-electron chi connectivity index (χ0n) is 13.7. The predicted molar refractivity (Wildman–Crippen MR) is 85.6 cm³/mol. The fraction of sp³-hybridized carbons (Fsp3) is 0.556. The minimum atomic E-state index is -0.854. The molecule has 1 aromatic carbocycles. The van der Waals surface area contributed by atoms with E-state index in [0.717, 1.165) is 19.3 Å². The maximum Gasteiger partial charge on any atom is 0.311 e. The summed E-state index contributed by atoms with van der Waals surface area (Å²) < 4.78 is 13.0. The Morgan fingerprint density at radius 1 is 1.17 bits per heavy atom. The van der Waals surface area contributed by atoms with Crippen molar-refractivity contribution in [2.45, 2.75) is 51.4 Å². The molecule has 0 radical (unpaired) electrons. The van der Waals surface area contributed by atoms with Gasteiger partial charge in [0.05, 0.1) is 10.8 Å². The van der Waals surface area contributed by atoms with E-state index < -0.39 is 16.8 Å². The third-order valence-electron chi connectivity index (χ3n) is 4.99. The highest BCUT2D eigenvalue weighted by atomic mass is 19.1. The summed E-state index contributed by atoms with van der Waals surface area (Å²) in [7, 11) is 0. The average molecular weight is 321 g/mol. The second-order valence-corrected chi connectivity index (χ2v) is 6.96. The second-order valence-electron chi connectivity index (χ2n) is 6.96. The molecule has 2 N–H and O–H groups in total. The number of benzene rings is 1. The molecule has 5 heteroatoms. The zero-order chi connectivity index (χ0) is 17.1.